The summed E-state index contributed by atoms with van der Waals surface area (Å²) in [6.07, 6.45) is 0. The van der Waals surface area contributed by atoms with Crippen molar-refractivity contribution in [1.82, 2.24) is 10.2 Å². The van der Waals surface area contributed by atoms with Gasteiger partial charge >= 0.3 is 0 Å². The number of nitrogens with zero attached hydrogens (tertiary/aromatic N) is 1. The van der Waals surface area contributed by atoms with Crippen LogP contribution in [0.3, 0.4) is 0 Å². The van der Waals surface area contributed by atoms with Crippen LogP contribution in [0.1, 0.15) is 12.5 Å². The molecule has 0 spiro atoms. The molecule has 1 saturated heterocycles. The molecule has 1 aliphatic heterocycles. The first-order valence-electron chi connectivity index (χ1n) is 6.47. The van der Waals surface area contributed by atoms with E-state index in [0.717, 1.165) is 25.2 Å². The van der Waals surface area contributed by atoms with Crippen molar-refractivity contribution >= 4 is 29.9 Å². The van der Waals surface area contributed by atoms with Crippen molar-refractivity contribution in [2.45, 2.75) is 19.9 Å². The van der Waals surface area contributed by atoms with Crippen LogP contribution in [0.2, 0.25) is 5.02 Å². The summed E-state index contributed by atoms with van der Waals surface area (Å²) in [5.41, 5.74) is 0.946. The number of hydrogen-bond donors (Lipinski definition) is 1. The van der Waals surface area contributed by atoms with Crippen molar-refractivity contribution in [2.24, 2.45) is 0 Å². The Kier molecular flexibility index (Phi) is 6.59. The molecule has 1 aromatic carbocycles. The van der Waals surface area contributed by atoms with Gasteiger partial charge in [0.05, 0.1) is 0 Å². The number of benzene rings is 1. The largest absolute Gasteiger partial charge is 0.484 e. The van der Waals surface area contributed by atoms with E-state index in [1.54, 1.807) is 12.1 Å². The van der Waals surface area contributed by atoms with Gasteiger partial charge in [0.25, 0.3) is 5.91 Å². The van der Waals surface area contributed by atoms with Crippen LogP contribution in [0.15, 0.2) is 18.2 Å². The third-order valence-corrected chi connectivity index (χ3v) is 3.74. The molecule has 112 valence electrons. The molecular weight excluding hydrogens is 299 g/mol. The number of hydrogen-bond acceptors (Lipinski definition) is 3. The normalized spacial score (nSPS) is 18.4. The van der Waals surface area contributed by atoms with E-state index < -0.39 is 0 Å². The number of amides is 1. The highest BCUT2D eigenvalue weighted by molar-refractivity contribution is 6.31. The lowest BCUT2D eigenvalue weighted by Gasteiger charge is -2.33. The summed E-state index contributed by atoms with van der Waals surface area (Å²) in [6.45, 7) is 6.45. The maximum Gasteiger partial charge on any atom is 0.260 e. The molecule has 20 heavy (non-hydrogen) atoms. The minimum absolute atomic E-state index is 0. The number of carbonyl (C=O) groups is 1. The van der Waals surface area contributed by atoms with E-state index in [1.807, 2.05) is 24.8 Å². The molecule has 1 atom stereocenters. The fourth-order valence-electron chi connectivity index (χ4n) is 2.15. The molecular formula is C14H20Cl2N2O2. The first-order valence-corrected chi connectivity index (χ1v) is 6.85. The number of rotatable bonds is 3. The summed E-state index contributed by atoms with van der Waals surface area (Å²) >= 11 is 5.95. The zero-order chi connectivity index (χ0) is 13.8. The first-order chi connectivity index (χ1) is 9.08. The van der Waals surface area contributed by atoms with Gasteiger partial charge in [0, 0.05) is 30.7 Å². The van der Waals surface area contributed by atoms with Crippen molar-refractivity contribution < 1.29 is 9.53 Å². The molecule has 1 amide bonds. The molecule has 0 bridgehead atoms. The van der Waals surface area contributed by atoms with Crippen LogP contribution < -0.4 is 10.1 Å². The summed E-state index contributed by atoms with van der Waals surface area (Å²) in [4.78, 5) is 13.9. The standard InChI is InChI=1S/C14H19ClN2O2.ClH/c1-10-7-12(3-4-13(10)15)19-9-14(18)17-6-5-16-8-11(17)2;/h3-4,7,11,16H,5-6,8-9H2,1-2H3;1H/t11-;/m1./s1. The number of nitrogens with one attached hydrogen (secondary N) is 1. The fraction of sp³-hybridized carbons (Fsp3) is 0.500. The second-order valence-corrected chi connectivity index (χ2v) is 5.25. The monoisotopic (exact) mass is 318 g/mol. The Balaban J connectivity index is 0.00000200. The van der Waals surface area contributed by atoms with Gasteiger partial charge in [0.1, 0.15) is 5.75 Å². The Labute approximate surface area is 130 Å². The third-order valence-electron chi connectivity index (χ3n) is 3.31. The minimum Gasteiger partial charge on any atom is -0.484 e. The van der Waals surface area contributed by atoms with Gasteiger partial charge in [-0.05, 0) is 37.6 Å². The van der Waals surface area contributed by atoms with Crippen LogP contribution in [-0.2, 0) is 4.79 Å². The number of aryl methyl sites for hydroxylation is 1. The second-order valence-electron chi connectivity index (χ2n) is 4.84. The fourth-order valence-corrected chi connectivity index (χ4v) is 2.26. The highest BCUT2D eigenvalue weighted by Gasteiger charge is 2.23. The van der Waals surface area contributed by atoms with Gasteiger partial charge in [-0.3, -0.25) is 4.79 Å². The Morgan fingerprint density at radius 2 is 2.30 bits per heavy atom. The Hall–Kier alpha value is -0.970. The topological polar surface area (TPSA) is 41.6 Å². The molecule has 0 aliphatic carbocycles. The van der Waals surface area contributed by atoms with Crippen LogP contribution in [0.25, 0.3) is 0 Å². The maximum atomic E-state index is 12.1. The van der Waals surface area contributed by atoms with Crippen LogP contribution in [-0.4, -0.2) is 43.1 Å². The van der Waals surface area contributed by atoms with Gasteiger partial charge < -0.3 is 15.0 Å². The Bertz CT molecular complexity index is 468. The zero-order valence-corrected chi connectivity index (χ0v) is 13.3. The zero-order valence-electron chi connectivity index (χ0n) is 11.7. The highest BCUT2D eigenvalue weighted by atomic mass is 35.5. The van der Waals surface area contributed by atoms with Crippen molar-refractivity contribution in [1.29, 1.82) is 0 Å². The molecule has 1 fully saturated rings. The Morgan fingerprint density at radius 1 is 1.55 bits per heavy atom. The number of carbonyl (C=O) groups excluding carboxylic acids is 1. The summed E-state index contributed by atoms with van der Waals surface area (Å²) in [5.74, 6) is 0.708. The first kappa shape index (κ1) is 17.1. The van der Waals surface area contributed by atoms with E-state index in [4.69, 9.17) is 16.3 Å². The van der Waals surface area contributed by atoms with Crippen LogP contribution in [0.4, 0.5) is 0 Å². The summed E-state index contributed by atoms with van der Waals surface area (Å²) in [6, 6.07) is 5.63. The molecule has 2 rings (SSSR count). The van der Waals surface area contributed by atoms with Gasteiger partial charge in [-0.15, -0.1) is 12.4 Å². The van der Waals surface area contributed by atoms with E-state index >= 15 is 0 Å². The van der Waals surface area contributed by atoms with Crippen molar-refractivity contribution in [3.63, 3.8) is 0 Å². The molecule has 0 saturated carbocycles. The van der Waals surface area contributed by atoms with Gasteiger partial charge in [0.15, 0.2) is 6.61 Å². The summed E-state index contributed by atoms with van der Waals surface area (Å²) in [5, 5.41) is 3.96. The van der Waals surface area contributed by atoms with Gasteiger partial charge in [-0.25, -0.2) is 0 Å². The number of piperazine rings is 1. The SMILES string of the molecule is Cc1cc(OCC(=O)N2CCNC[C@H]2C)ccc1Cl.Cl. The van der Waals surface area contributed by atoms with Crippen LogP contribution in [0, 0.1) is 6.92 Å². The van der Waals surface area contributed by atoms with Crippen molar-refractivity contribution in [2.75, 3.05) is 26.2 Å². The molecule has 0 unspecified atom stereocenters. The van der Waals surface area contributed by atoms with Gasteiger partial charge in [0.2, 0.25) is 0 Å². The molecule has 6 heteroatoms. The molecule has 0 aromatic heterocycles. The lowest BCUT2D eigenvalue weighted by atomic mass is 10.2. The number of halogens is 2. The average Bonchev–Trinajstić information content (AvgIpc) is 2.40. The molecule has 4 nitrogen and oxygen atoms in total. The molecule has 1 aliphatic rings. The summed E-state index contributed by atoms with van der Waals surface area (Å²) < 4.78 is 5.53. The van der Waals surface area contributed by atoms with Crippen LogP contribution >= 0.6 is 24.0 Å². The lowest BCUT2D eigenvalue weighted by Crippen LogP contribution is -2.53. The molecule has 1 aromatic rings. The molecule has 1 N–H and O–H groups in total. The van der Waals surface area contributed by atoms with E-state index in [1.165, 1.54) is 0 Å². The van der Waals surface area contributed by atoms with E-state index in [-0.39, 0.29) is 31.0 Å². The molecule has 1 heterocycles. The van der Waals surface area contributed by atoms with Crippen molar-refractivity contribution in [3.05, 3.63) is 28.8 Å². The van der Waals surface area contributed by atoms with E-state index in [2.05, 4.69) is 5.32 Å². The van der Waals surface area contributed by atoms with E-state index in [9.17, 15) is 4.79 Å². The predicted molar refractivity (Wildman–Crippen MR) is 83.0 cm³/mol. The smallest absolute Gasteiger partial charge is 0.260 e. The van der Waals surface area contributed by atoms with E-state index in [0.29, 0.717) is 10.8 Å². The predicted octanol–water partition coefficient (Wildman–Crippen LogP) is 2.27. The third kappa shape index (κ3) is 4.27. The molecule has 0 radical (unpaired) electrons. The quantitative estimate of drug-likeness (QED) is 0.929. The maximum absolute atomic E-state index is 12.1. The average molecular weight is 319 g/mol. The van der Waals surface area contributed by atoms with Gasteiger partial charge in [-0.1, -0.05) is 11.6 Å². The van der Waals surface area contributed by atoms with Gasteiger partial charge in [-0.2, -0.15) is 0 Å². The summed E-state index contributed by atoms with van der Waals surface area (Å²) in [7, 11) is 0. The highest BCUT2D eigenvalue weighted by Crippen LogP contribution is 2.21. The Morgan fingerprint density at radius 3 is 2.95 bits per heavy atom. The minimum atomic E-state index is 0. The van der Waals surface area contributed by atoms with Crippen LogP contribution in [0.5, 0.6) is 5.75 Å². The number of ether oxygens (including phenoxy) is 1. The lowest BCUT2D eigenvalue weighted by molar-refractivity contribution is -0.136. The van der Waals surface area contributed by atoms with Crippen molar-refractivity contribution in [3.8, 4) is 5.75 Å². The second kappa shape index (κ2) is 7.72.